The molecule has 1 nitrogen and oxygen atoms in total. The lowest BCUT2D eigenvalue weighted by Crippen LogP contribution is -2.08. The maximum Gasteiger partial charge on any atom is 0.193 e. The second-order valence-electron chi connectivity index (χ2n) is 5.69. The smallest absolute Gasteiger partial charge is 0.193 e. The van der Waals surface area contributed by atoms with Gasteiger partial charge in [-0.2, -0.15) is 0 Å². The fraction of sp³-hybridized carbons (Fsp3) is 0.350. The summed E-state index contributed by atoms with van der Waals surface area (Å²) in [5.41, 5.74) is 5.43. The Morgan fingerprint density at radius 2 is 1.67 bits per heavy atom. The van der Waals surface area contributed by atoms with E-state index in [1.54, 1.807) is 0 Å². The summed E-state index contributed by atoms with van der Waals surface area (Å²) >= 11 is 0. The predicted molar refractivity (Wildman–Crippen MR) is 89.0 cm³/mol. The Hall–Kier alpha value is -1.89. The first-order valence-electron chi connectivity index (χ1n) is 7.84. The fourth-order valence-corrected chi connectivity index (χ4v) is 2.71. The van der Waals surface area contributed by atoms with Crippen LogP contribution in [-0.4, -0.2) is 5.78 Å². The molecule has 21 heavy (non-hydrogen) atoms. The Labute approximate surface area is 128 Å². The Balaban J connectivity index is 2.38. The van der Waals surface area contributed by atoms with Gasteiger partial charge in [0.2, 0.25) is 0 Å². The Kier molecular flexibility index (Phi) is 5.32. The third-order valence-corrected chi connectivity index (χ3v) is 4.18. The summed E-state index contributed by atoms with van der Waals surface area (Å²) in [6.45, 7) is 6.47. The van der Waals surface area contributed by atoms with E-state index in [2.05, 4.69) is 26.8 Å². The number of ketones is 1. The van der Waals surface area contributed by atoms with Gasteiger partial charge in [-0.1, -0.05) is 62.2 Å². The molecule has 0 aliphatic rings. The van der Waals surface area contributed by atoms with Gasteiger partial charge in [0.15, 0.2) is 5.78 Å². The number of carbonyl (C=O) groups excluding carboxylic acids is 1. The third-order valence-electron chi connectivity index (χ3n) is 4.18. The lowest BCUT2D eigenvalue weighted by Gasteiger charge is -2.14. The zero-order valence-electron chi connectivity index (χ0n) is 13.3. The van der Waals surface area contributed by atoms with Crippen LogP contribution < -0.4 is 0 Å². The molecule has 0 unspecified atom stereocenters. The van der Waals surface area contributed by atoms with Gasteiger partial charge in [-0.25, -0.2) is 0 Å². The molecule has 110 valence electrons. The van der Waals surface area contributed by atoms with Gasteiger partial charge in [-0.05, 0) is 43.4 Å². The van der Waals surface area contributed by atoms with E-state index in [1.165, 1.54) is 29.5 Å². The largest absolute Gasteiger partial charge is 0.289 e. The van der Waals surface area contributed by atoms with Crippen LogP contribution in [0.5, 0.6) is 0 Å². The molecular formula is C20H24O. The van der Waals surface area contributed by atoms with Crippen LogP contribution in [0.3, 0.4) is 0 Å². The van der Waals surface area contributed by atoms with E-state index >= 15 is 0 Å². The van der Waals surface area contributed by atoms with Crippen molar-refractivity contribution in [3.05, 3.63) is 70.3 Å². The van der Waals surface area contributed by atoms with Crippen molar-refractivity contribution >= 4 is 5.78 Å². The topological polar surface area (TPSA) is 17.1 Å². The highest BCUT2D eigenvalue weighted by molar-refractivity contribution is 6.10. The first-order valence-corrected chi connectivity index (χ1v) is 7.84. The second-order valence-corrected chi connectivity index (χ2v) is 5.69. The van der Waals surface area contributed by atoms with Crippen molar-refractivity contribution in [1.82, 2.24) is 0 Å². The molecule has 0 aliphatic heterocycles. The van der Waals surface area contributed by atoms with Crippen LogP contribution >= 0.6 is 0 Å². The number of hydrogen-bond donors (Lipinski definition) is 0. The van der Waals surface area contributed by atoms with Crippen molar-refractivity contribution in [2.24, 2.45) is 0 Å². The number of unbranched alkanes of at least 4 members (excludes halogenated alkanes) is 2. The molecule has 1 heteroatoms. The van der Waals surface area contributed by atoms with Crippen LogP contribution in [-0.2, 0) is 6.42 Å². The van der Waals surface area contributed by atoms with Crippen molar-refractivity contribution in [3.63, 3.8) is 0 Å². The second kappa shape index (κ2) is 7.21. The molecular weight excluding hydrogens is 256 g/mol. The molecule has 2 aromatic rings. The molecule has 0 saturated heterocycles. The molecule has 0 bridgehead atoms. The van der Waals surface area contributed by atoms with Gasteiger partial charge in [0.05, 0.1) is 0 Å². The van der Waals surface area contributed by atoms with E-state index in [0.717, 1.165) is 24.0 Å². The summed E-state index contributed by atoms with van der Waals surface area (Å²) in [4.78, 5) is 12.8. The van der Waals surface area contributed by atoms with Crippen LogP contribution in [0.4, 0.5) is 0 Å². The van der Waals surface area contributed by atoms with Gasteiger partial charge in [0.1, 0.15) is 0 Å². The Bertz CT molecular complexity index is 611. The summed E-state index contributed by atoms with van der Waals surface area (Å²) in [5.74, 6) is 0.144. The van der Waals surface area contributed by atoms with Gasteiger partial charge in [0, 0.05) is 11.1 Å². The molecule has 0 saturated carbocycles. The van der Waals surface area contributed by atoms with E-state index < -0.39 is 0 Å². The average Bonchev–Trinajstić information content (AvgIpc) is 2.52. The highest BCUT2D eigenvalue weighted by Gasteiger charge is 2.15. The number of benzene rings is 2. The lowest BCUT2D eigenvalue weighted by atomic mass is 9.89. The maximum absolute atomic E-state index is 12.8. The van der Waals surface area contributed by atoms with E-state index in [4.69, 9.17) is 0 Å². The maximum atomic E-state index is 12.8. The standard InChI is InChI=1S/C20H24O/c1-4-5-7-12-18-16(3)15(2)13-14-19(18)20(21)17-10-8-6-9-11-17/h6,8-11,13-14H,4-5,7,12H2,1-3H3. The molecule has 2 rings (SSSR count). The van der Waals surface area contributed by atoms with Crippen LogP contribution in [0.25, 0.3) is 0 Å². The summed E-state index contributed by atoms with van der Waals surface area (Å²) < 4.78 is 0. The molecule has 0 aliphatic carbocycles. The Morgan fingerprint density at radius 1 is 0.952 bits per heavy atom. The van der Waals surface area contributed by atoms with Crippen molar-refractivity contribution in [1.29, 1.82) is 0 Å². The fourth-order valence-electron chi connectivity index (χ4n) is 2.71. The van der Waals surface area contributed by atoms with Crippen molar-refractivity contribution < 1.29 is 4.79 Å². The van der Waals surface area contributed by atoms with Crippen LogP contribution in [0.2, 0.25) is 0 Å². The zero-order valence-corrected chi connectivity index (χ0v) is 13.3. The van der Waals surface area contributed by atoms with E-state index in [0.29, 0.717) is 0 Å². The quantitative estimate of drug-likeness (QED) is 0.520. The third kappa shape index (κ3) is 3.60. The molecule has 0 N–H and O–H groups in total. The molecule has 0 fully saturated rings. The predicted octanol–water partition coefficient (Wildman–Crippen LogP) is 5.27. The molecule has 0 atom stereocenters. The molecule has 0 spiro atoms. The van der Waals surface area contributed by atoms with Crippen molar-refractivity contribution in [3.8, 4) is 0 Å². The molecule has 0 heterocycles. The van der Waals surface area contributed by atoms with Crippen LogP contribution in [0.1, 0.15) is 58.8 Å². The summed E-state index contributed by atoms with van der Waals surface area (Å²) in [5, 5.41) is 0. The molecule has 0 aromatic heterocycles. The van der Waals surface area contributed by atoms with E-state index in [-0.39, 0.29) is 5.78 Å². The number of rotatable bonds is 6. The van der Waals surface area contributed by atoms with Crippen LogP contribution in [0.15, 0.2) is 42.5 Å². The van der Waals surface area contributed by atoms with Gasteiger partial charge in [-0.15, -0.1) is 0 Å². The minimum Gasteiger partial charge on any atom is -0.289 e. The normalized spacial score (nSPS) is 10.6. The van der Waals surface area contributed by atoms with Gasteiger partial charge >= 0.3 is 0 Å². The molecule has 0 radical (unpaired) electrons. The summed E-state index contributed by atoms with van der Waals surface area (Å²) in [6.07, 6.45) is 4.56. The van der Waals surface area contributed by atoms with Gasteiger partial charge in [-0.3, -0.25) is 4.79 Å². The number of aryl methyl sites for hydroxylation is 1. The van der Waals surface area contributed by atoms with Gasteiger partial charge in [0.25, 0.3) is 0 Å². The average molecular weight is 280 g/mol. The van der Waals surface area contributed by atoms with Crippen molar-refractivity contribution in [2.75, 3.05) is 0 Å². The van der Waals surface area contributed by atoms with Gasteiger partial charge < -0.3 is 0 Å². The van der Waals surface area contributed by atoms with Crippen molar-refractivity contribution in [2.45, 2.75) is 46.5 Å². The highest BCUT2D eigenvalue weighted by atomic mass is 16.1. The minimum absolute atomic E-state index is 0.144. The molecule has 2 aromatic carbocycles. The summed E-state index contributed by atoms with van der Waals surface area (Å²) in [7, 11) is 0. The Morgan fingerprint density at radius 3 is 2.33 bits per heavy atom. The highest BCUT2D eigenvalue weighted by Crippen LogP contribution is 2.23. The first kappa shape index (κ1) is 15.5. The monoisotopic (exact) mass is 280 g/mol. The SMILES string of the molecule is CCCCCc1c(C(=O)c2ccccc2)ccc(C)c1C. The lowest BCUT2D eigenvalue weighted by molar-refractivity contribution is 0.103. The molecule has 0 amide bonds. The zero-order chi connectivity index (χ0) is 15.2. The number of hydrogen-bond acceptors (Lipinski definition) is 1. The minimum atomic E-state index is 0.144. The summed E-state index contributed by atoms with van der Waals surface area (Å²) in [6, 6.07) is 13.6. The first-order chi connectivity index (χ1) is 10.1. The van der Waals surface area contributed by atoms with E-state index in [9.17, 15) is 4.79 Å². The number of carbonyl (C=O) groups is 1. The van der Waals surface area contributed by atoms with E-state index in [1.807, 2.05) is 36.4 Å². The van der Waals surface area contributed by atoms with Crippen LogP contribution in [0, 0.1) is 13.8 Å².